The fourth-order valence-corrected chi connectivity index (χ4v) is 8.29. The van der Waals surface area contributed by atoms with Gasteiger partial charge in [0.05, 0.1) is 116 Å². The minimum Gasteiger partial charge on any atom is -0.354 e. The summed E-state index contributed by atoms with van der Waals surface area (Å²) < 4.78 is 0. The van der Waals surface area contributed by atoms with Crippen LogP contribution >= 0.6 is 0 Å². The summed E-state index contributed by atoms with van der Waals surface area (Å²) in [6, 6.07) is 44.1. The van der Waals surface area contributed by atoms with Gasteiger partial charge in [-0.25, -0.2) is 9.97 Å². The summed E-state index contributed by atoms with van der Waals surface area (Å²) in [4.78, 5) is 17.2. The molecule has 5 heterocycles. The van der Waals surface area contributed by atoms with Gasteiger partial charge in [-0.1, -0.05) is 24.3 Å². The lowest BCUT2D eigenvalue weighted by atomic mass is 9.94. The molecule has 9 rings (SSSR count). The summed E-state index contributed by atoms with van der Waals surface area (Å²) >= 11 is 0. The number of nitrogens with one attached hydrogen (secondary N) is 2. The van der Waals surface area contributed by atoms with Crippen molar-refractivity contribution in [3.63, 3.8) is 0 Å². The van der Waals surface area contributed by atoms with E-state index in [0.717, 1.165) is 0 Å². The molecule has 0 amide bonds. The van der Waals surface area contributed by atoms with E-state index < -0.39 is 0 Å². The van der Waals surface area contributed by atoms with Crippen LogP contribution in [-0.2, 0) is 0 Å². The number of fused-ring (bicyclic) bond motifs is 8. The molecule has 0 saturated carbocycles. The molecule has 12 nitrogen and oxygen atoms in total. The predicted molar refractivity (Wildman–Crippen MR) is 238 cm³/mol. The topological polar surface area (TPSA) is 248 Å². The fourth-order valence-electron chi connectivity index (χ4n) is 8.29. The second kappa shape index (κ2) is 15.9. The maximum atomic E-state index is 10.5. The number of H-pyrrole nitrogens is 2. The molecule has 2 aliphatic rings. The summed E-state index contributed by atoms with van der Waals surface area (Å²) in [5.41, 5.74) is 7.12. The Morgan fingerprint density at radius 3 is 0.625 bits per heavy atom. The van der Waals surface area contributed by atoms with Crippen LogP contribution in [0.5, 0.6) is 0 Å². The smallest absolute Gasteiger partial charge is 0.0998 e. The van der Waals surface area contributed by atoms with Crippen LogP contribution in [0.2, 0.25) is 0 Å². The first-order valence-electron chi connectivity index (χ1n) is 19.3. The van der Waals surface area contributed by atoms with Gasteiger partial charge in [0.25, 0.3) is 0 Å². The number of hydrogen-bond donors (Lipinski definition) is 2. The number of nitrogens with zero attached hydrogens (tertiary/aromatic N) is 10. The lowest BCUT2D eigenvalue weighted by molar-refractivity contribution is 1.30. The van der Waals surface area contributed by atoms with Gasteiger partial charge in [0.1, 0.15) is 0 Å². The molecule has 0 fully saturated rings. The number of aromatic nitrogens is 4. The van der Waals surface area contributed by atoms with Crippen molar-refractivity contribution in [1.82, 2.24) is 19.9 Å². The molecule has 2 N–H and O–H groups in total. The standard InChI is InChI=1S/C52H22N12/c53-21-29-5-1-6-30(22-54)45(29)49-37-13-15-39(61-37)50(46-31(23-55)7-2-8-32(46)24-56)41-17-19-43(63-41)52(48-35(27-59)11-4-12-36(48)28-60)44-20-18-42(64-44)51(40-16-14-38(49)62-40)47-33(25-57)9-3-10-34(47)26-58/h1-20,61,64H. The molecule has 0 atom stereocenters. The first kappa shape index (κ1) is 38.9. The van der Waals surface area contributed by atoms with E-state index in [1.54, 1.807) is 121 Å². The predicted octanol–water partition coefficient (Wildman–Crippen LogP) is 10.3. The summed E-state index contributed by atoms with van der Waals surface area (Å²) in [5, 5.41) is 83.7. The van der Waals surface area contributed by atoms with E-state index >= 15 is 0 Å². The number of benzene rings is 4. The van der Waals surface area contributed by atoms with Crippen molar-refractivity contribution in [3.05, 3.63) is 164 Å². The van der Waals surface area contributed by atoms with Gasteiger partial charge in [-0.05, 0) is 97.1 Å². The Labute approximate surface area is 364 Å². The maximum Gasteiger partial charge on any atom is 0.0998 e. The molecule has 0 aliphatic carbocycles. The SMILES string of the molecule is N#Cc1cccc(C#N)c1-c1c2nc(c(-c3c(C#N)cccc3C#N)c3ccc([nH]3)c(-c3c(C#N)cccc3C#N)c3nc(c(-c4c(C#N)cccc4C#N)c4ccc1[nH]4)C=C3)C=C2. The van der Waals surface area contributed by atoms with Crippen molar-refractivity contribution in [2.75, 3.05) is 0 Å². The minimum atomic E-state index is 0.189. The Morgan fingerprint density at radius 2 is 0.453 bits per heavy atom. The van der Waals surface area contributed by atoms with Crippen LogP contribution in [0.3, 0.4) is 0 Å². The minimum absolute atomic E-state index is 0.189. The van der Waals surface area contributed by atoms with Crippen molar-refractivity contribution in [2.24, 2.45) is 0 Å². The van der Waals surface area contributed by atoms with Gasteiger partial charge in [0.2, 0.25) is 0 Å². The van der Waals surface area contributed by atoms with Crippen LogP contribution < -0.4 is 0 Å². The Hall–Kier alpha value is -10.6. The Morgan fingerprint density at radius 1 is 0.266 bits per heavy atom. The molecule has 12 heteroatoms. The van der Waals surface area contributed by atoms with E-state index in [9.17, 15) is 42.1 Å². The van der Waals surface area contributed by atoms with E-state index in [-0.39, 0.29) is 44.5 Å². The highest BCUT2D eigenvalue weighted by atomic mass is 14.8. The van der Waals surface area contributed by atoms with Crippen molar-refractivity contribution in [2.45, 2.75) is 0 Å². The second-order valence-corrected chi connectivity index (χ2v) is 14.3. The third-order valence-corrected chi connectivity index (χ3v) is 11.0. The molecule has 290 valence electrons. The number of nitriles is 8. The first-order chi connectivity index (χ1) is 31.4. The van der Waals surface area contributed by atoms with E-state index in [4.69, 9.17) is 9.97 Å². The van der Waals surface area contributed by atoms with E-state index in [1.807, 2.05) is 0 Å². The largest absolute Gasteiger partial charge is 0.354 e. The molecular formula is C52H22N12. The van der Waals surface area contributed by atoms with Crippen molar-refractivity contribution >= 4 is 46.4 Å². The van der Waals surface area contributed by atoms with Crippen LogP contribution in [-0.4, -0.2) is 19.9 Å². The Balaban J connectivity index is 1.60. The number of rotatable bonds is 4. The molecule has 0 radical (unpaired) electrons. The number of aromatic amines is 2. The highest BCUT2D eigenvalue weighted by molar-refractivity contribution is 6.03. The Kier molecular flexibility index (Phi) is 9.64. The van der Waals surface area contributed by atoms with Gasteiger partial charge in [-0.3, -0.25) is 0 Å². The van der Waals surface area contributed by atoms with Gasteiger partial charge >= 0.3 is 0 Å². The monoisotopic (exact) mass is 814 g/mol. The van der Waals surface area contributed by atoms with Gasteiger partial charge in [-0.2, -0.15) is 42.1 Å². The molecule has 4 aromatic carbocycles. The normalized spacial score (nSPS) is 10.9. The van der Waals surface area contributed by atoms with E-state index in [1.165, 1.54) is 0 Å². The second-order valence-electron chi connectivity index (χ2n) is 14.3. The zero-order valence-electron chi connectivity index (χ0n) is 33.0. The van der Waals surface area contributed by atoms with Crippen molar-refractivity contribution in [3.8, 4) is 93.1 Å². The number of hydrogen-bond acceptors (Lipinski definition) is 10. The van der Waals surface area contributed by atoms with E-state index in [0.29, 0.717) is 89.4 Å². The maximum absolute atomic E-state index is 10.5. The lowest BCUT2D eigenvalue weighted by Crippen LogP contribution is -1.96. The summed E-state index contributed by atoms with van der Waals surface area (Å²) in [6.07, 6.45) is 6.88. The van der Waals surface area contributed by atoms with Crippen LogP contribution in [0.25, 0.3) is 90.9 Å². The molecular weight excluding hydrogens is 793 g/mol. The first-order valence-corrected chi connectivity index (χ1v) is 19.3. The third-order valence-electron chi connectivity index (χ3n) is 11.0. The van der Waals surface area contributed by atoms with Crippen molar-refractivity contribution < 1.29 is 0 Å². The molecule has 2 aliphatic heterocycles. The third kappa shape index (κ3) is 6.18. The summed E-state index contributed by atoms with van der Waals surface area (Å²) in [5.74, 6) is 0. The molecule has 7 aromatic rings. The summed E-state index contributed by atoms with van der Waals surface area (Å²) in [6.45, 7) is 0. The zero-order valence-corrected chi connectivity index (χ0v) is 33.0. The fraction of sp³-hybridized carbons (Fsp3) is 0. The van der Waals surface area contributed by atoms with Gasteiger partial charge < -0.3 is 9.97 Å². The van der Waals surface area contributed by atoms with Crippen LogP contribution in [0, 0.1) is 90.6 Å². The van der Waals surface area contributed by atoms with Crippen LogP contribution in [0.15, 0.2) is 97.1 Å². The highest BCUT2D eigenvalue weighted by Gasteiger charge is 2.25. The highest BCUT2D eigenvalue weighted by Crippen LogP contribution is 2.42. The average Bonchev–Trinajstić information content (AvgIpc) is 4.20. The zero-order chi connectivity index (χ0) is 44.5. The Bertz CT molecular complexity index is 3220. The van der Waals surface area contributed by atoms with Gasteiger partial charge in [0, 0.05) is 66.6 Å². The summed E-state index contributed by atoms with van der Waals surface area (Å²) in [7, 11) is 0. The van der Waals surface area contributed by atoms with Gasteiger partial charge in [0.15, 0.2) is 0 Å². The van der Waals surface area contributed by atoms with Crippen LogP contribution in [0.1, 0.15) is 67.3 Å². The van der Waals surface area contributed by atoms with Crippen molar-refractivity contribution in [1.29, 1.82) is 42.1 Å². The lowest BCUT2D eigenvalue weighted by Gasteiger charge is -2.11. The quantitative estimate of drug-likeness (QED) is 0.170. The molecule has 3 aromatic heterocycles. The molecule has 0 spiro atoms. The average molecular weight is 815 g/mol. The van der Waals surface area contributed by atoms with Gasteiger partial charge in [-0.15, -0.1) is 0 Å². The van der Waals surface area contributed by atoms with E-state index in [2.05, 4.69) is 58.5 Å². The molecule has 64 heavy (non-hydrogen) atoms. The molecule has 8 bridgehead atoms. The van der Waals surface area contributed by atoms with Crippen LogP contribution in [0.4, 0.5) is 0 Å². The molecule has 0 unspecified atom stereocenters. The molecule has 0 saturated heterocycles.